The predicted octanol–water partition coefficient (Wildman–Crippen LogP) is 4.42. The fraction of sp³-hybridized carbons (Fsp3) is 0.500. The molecule has 2 aliphatic carbocycles. The van der Waals surface area contributed by atoms with Gasteiger partial charge in [-0.05, 0) is 87.3 Å². The van der Waals surface area contributed by atoms with E-state index in [1.165, 1.54) is 12.8 Å². The second-order valence-electron chi connectivity index (χ2n) is 14.2. The van der Waals surface area contributed by atoms with E-state index in [-0.39, 0.29) is 11.8 Å². The van der Waals surface area contributed by atoms with E-state index < -0.39 is 0 Å². The normalized spacial score (nSPS) is 18.3. The number of hydrogen-bond acceptors (Lipinski definition) is 10. The molecule has 0 saturated carbocycles. The number of hydrogen-bond donors (Lipinski definition) is 4. The Balaban J connectivity index is 0.000000167. The third kappa shape index (κ3) is 7.00. The highest BCUT2D eigenvalue weighted by Crippen LogP contribution is 2.44. The highest BCUT2D eigenvalue weighted by Gasteiger charge is 2.32. The van der Waals surface area contributed by atoms with Gasteiger partial charge in [0, 0.05) is 60.3 Å². The van der Waals surface area contributed by atoms with Gasteiger partial charge in [0.25, 0.3) is 11.8 Å². The van der Waals surface area contributed by atoms with E-state index in [0.29, 0.717) is 72.4 Å². The number of methoxy groups -OCH3 is 4. The number of fused-ring (bicyclic) bond motifs is 6. The second kappa shape index (κ2) is 16.1. The zero-order chi connectivity index (χ0) is 37.9. The lowest BCUT2D eigenvalue weighted by Crippen LogP contribution is -2.40. The number of aromatic nitrogens is 4. The average molecular weight is 741 g/mol. The Hall–Kier alpha value is -5.08. The Kier molecular flexibility index (Phi) is 11.1. The monoisotopic (exact) mass is 740 g/mol. The van der Waals surface area contributed by atoms with Crippen LogP contribution in [-0.4, -0.2) is 122 Å². The summed E-state index contributed by atoms with van der Waals surface area (Å²) in [6, 6.07) is 8.66. The van der Waals surface area contributed by atoms with Crippen molar-refractivity contribution < 1.29 is 28.5 Å². The maximum atomic E-state index is 12.8. The molecule has 2 saturated heterocycles. The number of benzene rings is 2. The van der Waals surface area contributed by atoms with Crippen molar-refractivity contribution in [2.24, 2.45) is 0 Å². The highest BCUT2D eigenvalue weighted by atomic mass is 16.5. The first kappa shape index (κ1) is 37.2. The summed E-state index contributed by atoms with van der Waals surface area (Å²) in [4.78, 5) is 30.4. The number of aromatic amines is 2. The maximum absolute atomic E-state index is 12.8. The maximum Gasteiger partial charge on any atom is 0.269 e. The molecule has 8 rings (SSSR count). The van der Waals surface area contributed by atoms with E-state index in [1.807, 2.05) is 24.3 Å². The number of likely N-dealkylation sites (N-methyl/N-ethyl adjacent to an activating group) is 2. The van der Waals surface area contributed by atoms with Crippen LogP contribution in [0.15, 0.2) is 24.3 Å². The predicted molar refractivity (Wildman–Crippen MR) is 205 cm³/mol. The number of carbonyl (C=O) groups excluding carboxylic acids is 2. The van der Waals surface area contributed by atoms with Crippen LogP contribution >= 0.6 is 0 Å². The fourth-order valence-corrected chi connectivity index (χ4v) is 8.54. The van der Waals surface area contributed by atoms with Gasteiger partial charge in [-0.1, -0.05) is 13.8 Å². The minimum Gasteiger partial charge on any atom is -0.493 e. The molecule has 288 valence electrons. The Morgan fingerprint density at radius 3 is 1.43 bits per heavy atom. The Morgan fingerprint density at radius 1 is 0.667 bits per heavy atom. The molecule has 0 radical (unpaired) electrons. The number of likely N-dealkylation sites (tertiary alicyclic amines) is 2. The molecule has 4 N–H and O–H groups in total. The SMILES string of the molecule is CCN1CCCC1CNC(=O)c1[nH]nc2c1Cc1cc(OC)c(OC)cc1-2.CCN1CCCC1CNC(=O)c1[nH]nc2c1Cc1cc(OC)c(OC)cc1-2. The van der Waals surface area contributed by atoms with Crippen molar-refractivity contribution in [3.8, 4) is 45.5 Å². The molecule has 2 aromatic carbocycles. The molecule has 4 aromatic rings. The summed E-state index contributed by atoms with van der Waals surface area (Å²) < 4.78 is 21.6. The minimum atomic E-state index is -0.0848. The average Bonchev–Trinajstić information content (AvgIpc) is 4.05. The van der Waals surface area contributed by atoms with Crippen molar-refractivity contribution >= 4 is 11.8 Å². The molecule has 4 heterocycles. The van der Waals surface area contributed by atoms with Crippen molar-refractivity contribution in [3.63, 3.8) is 0 Å². The smallest absolute Gasteiger partial charge is 0.269 e. The van der Waals surface area contributed by atoms with Gasteiger partial charge in [-0.15, -0.1) is 0 Å². The van der Waals surface area contributed by atoms with Gasteiger partial charge >= 0.3 is 0 Å². The van der Waals surface area contributed by atoms with Crippen LogP contribution in [0.25, 0.3) is 22.5 Å². The third-order valence-corrected chi connectivity index (χ3v) is 11.5. The minimum absolute atomic E-state index is 0.0848. The molecule has 0 spiro atoms. The molecule has 14 heteroatoms. The van der Waals surface area contributed by atoms with Crippen LogP contribution in [0.5, 0.6) is 23.0 Å². The lowest BCUT2D eigenvalue weighted by atomic mass is 10.1. The second-order valence-corrected chi connectivity index (χ2v) is 14.2. The molecule has 54 heavy (non-hydrogen) atoms. The fourth-order valence-electron chi connectivity index (χ4n) is 8.54. The number of carbonyl (C=O) groups is 2. The summed E-state index contributed by atoms with van der Waals surface area (Å²) in [5, 5.41) is 20.9. The molecular formula is C40H52N8O6. The first-order valence-corrected chi connectivity index (χ1v) is 19.0. The standard InChI is InChI=1S/2C20H26N4O3/c2*1-4-24-7-5-6-13(24)11-21-20(25)19-15-8-12-9-16(26-2)17(27-3)10-14(12)18(15)22-23-19/h2*9-10,13H,4-8,11H2,1-3H3,(H,21,25)(H,22,23). The van der Waals surface area contributed by atoms with E-state index in [1.54, 1.807) is 28.4 Å². The largest absolute Gasteiger partial charge is 0.493 e. The number of nitrogens with zero attached hydrogens (tertiary/aromatic N) is 4. The Bertz CT molecular complexity index is 1860. The van der Waals surface area contributed by atoms with Gasteiger partial charge in [-0.2, -0.15) is 10.2 Å². The van der Waals surface area contributed by atoms with Crippen LogP contribution in [0, 0.1) is 0 Å². The molecule has 2 fully saturated rings. The summed E-state index contributed by atoms with van der Waals surface area (Å²) in [7, 11) is 6.48. The van der Waals surface area contributed by atoms with Crippen LogP contribution in [0.3, 0.4) is 0 Å². The molecule has 4 aliphatic rings. The topological polar surface area (TPSA) is 159 Å². The van der Waals surface area contributed by atoms with Crippen molar-refractivity contribution in [2.75, 3.05) is 67.7 Å². The number of ether oxygens (including phenoxy) is 4. The Labute approximate surface area is 316 Å². The van der Waals surface area contributed by atoms with E-state index in [2.05, 4.69) is 54.7 Å². The van der Waals surface area contributed by atoms with E-state index >= 15 is 0 Å². The van der Waals surface area contributed by atoms with Crippen LogP contribution < -0.4 is 29.6 Å². The first-order chi connectivity index (χ1) is 26.3. The van der Waals surface area contributed by atoms with E-state index in [4.69, 9.17) is 18.9 Å². The Morgan fingerprint density at radius 2 is 1.06 bits per heavy atom. The summed E-state index contributed by atoms with van der Waals surface area (Å²) >= 11 is 0. The van der Waals surface area contributed by atoms with Gasteiger partial charge in [-0.3, -0.25) is 29.6 Å². The van der Waals surface area contributed by atoms with Crippen LogP contribution in [-0.2, 0) is 12.8 Å². The zero-order valence-electron chi connectivity index (χ0n) is 32.2. The first-order valence-electron chi connectivity index (χ1n) is 19.0. The van der Waals surface area contributed by atoms with Crippen LogP contribution in [0.1, 0.15) is 82.8 Å². The molecule has 0 bridgehead atoms. The van der Waals surface area contributed by atoms with Crippen molar-refractivity contribution in [1.29, 1.82) is 0 Å². The van der Waals surface area contributed by atoms with Crippen LogP contribution in [0.2, 0.25) is 0 Å². The molecule has 2 aliphatic heterocycles. The molecule has 2 atom stereocenters. The number of nitrogens with one attached hydrogen (secondary N) is 4. The van der Waals surface area contributed by atoms with Gasteiger partial charge < -0.3 is 29.6 Å². The summed E-state index contributed by atoms with van der Waals surface area (Å²) in [6.07, 6.45) is 6.00. The van der Waals surface area contributed by atoms with Gasteiger partial charge in [0.1, 0.15) is 11.4 Å². The quantitative estimate of drug-likeness (QED) is 0.142. The molecule has 2 unspecified atom stereocenters. The van der Waals surface area contributed by atoms with Crippen molar-refractivity contribution in [1.82, 2.24) is 40.8 Å². The third-order valence-electron chi connectivity index (χ3n) is 11.5. The molecular weight excluding hydrogens is 688 g/mol. The number of amides is 2. The molecule has 2 amide bonds. The van der Waals surface area contributed by atoms with Gasteiger partial charge in [0.2, 0.25) is 0 Å². The molecule has 14 nitrogen and oxygen atoms in total. The van der Waals surface area contributed by atoms with Gasteiger partial charge in [0.15, 0.2) is 23.0 Å². The lowest BCUT2D eigenvalue weighted by Gasteiger charge is -2.22. The summed E-state index contributed by atoms with van der Waals surface area (Å²) in [5.74, 6) is 2.55. The molecule has 2 aromatic heterocycles. The van der Waals surface area contributed by atoms with Crippen molar-refractivity contribution in [2.45, 2.75) is 64.5 Å². The van der Waals surface area contributed by atoms with Gasteiger partial charge in [0.05, 0.1) is 39.8 Å². The number of H-pyrrole nitrogens is 2. The van der Waals surface area contributed by atoms with E-state index in [0.717, 1.165) is 83.8 Å². The zero-order valence-corrected chi connectivity index (χ0v) is 32.2. The van der Waals surface area contributed by atoms with E-state index in [9.17, 15) is 9.59 Å². The van der Waals surface area contributed by atoms with Crippen molar-refractivity contribution in [3.05, 3.63) is 57.9 Å². The van der Waals surface area contributed by atoms with Gasteiger partial charge in [-0.25, -0.2) is 0 Å². The summed E-state index contributed by atoms with van der Waals surface area (Å²) in [5.41, 5.74) is 8.83. The summed E-state index contributed by atoms with van der Waals surface area (Å²) in [6.45, 7) is 9.98. The number of rotatable bonds is 12. The highest BCUT2D eigenvalue weighted by molar-refractivity contribution is 5.98. The van der Waals surface area contributed by atoms with Crippen LogP contribution in [0.4, 0.5) is 0 Å². The lowest BCUT2D eigenvalue weighted by molar-refractivity contribution is 0.0927.